The minimum absolute atomic E-state index is 0.0853. The molecule has 2 aromatic rings. The van der Waals surface area contributed by atoms with E-state index >= 15 is 0 Å². The first-order valence-corrected chi connectivity index (χ1v) is 6.97. The van der Waals surface area contributed by atoms with Gasteiger partial charge in [-0.2, -0.15) is 0 Å². The largest absolute Gasteiger partial charge is 0.395 e. The lowest BCUT2D eigenvalue weighted by molar-refractivity contribution is 0.202. The highest BCUT2D eigenvalue weighted by molar-refractivity contribution is 6.21. The molecule has 5 heteroatoms. The van der Waals surface area contributed by atoms with Crippen molar-refractivity contribution in [3.63, 3.8) is 0 Å². The normalized spacial score (nSPS) is 13.3. The summed E-state index contributed by atoms with van der Waals surface area (Å²) < 4.78 is 1.99. The SMILES string of the molecule is CCN(CCO)CC(Cl)c1ccc2c(c1)ncn2C. The number of likely N-dealkylation sites (N-methyl/N-ethyl adjacent to an activating group) is 1. The lowest BCUT2D eigenvalue weighted by Gasteiger charge is -2.22. The number of aliphatic hydroxyl groups excluding tert-OH is 1. The summed E-state index contributed by atoms with van der Waals surface area (Å²) in [6.45, 7) is 4.51. The minimum atomic E-state index is -0.0853. The fraction of sp³-hybridized carbons (Fsp3) is 0.500. The van der Waals surface area contributed by atoms with Crippen molar-refractivity contribution in [1.29, 1.82) is 0 Å². The molecule has 1 heterocycles. The van der Waals surface area contributed by atoms with Gasteiger partial charge in [0.05, 0.1) is 29.3 Å². The molecule has 2 rings (SSSR count). The van der Waals surface area contributed by atoms with E-state index in [1.165, 1.54) is 0 Å². The molecule has 4 nitrogen and oxygen atoms in total. The van der Waals surface area contributed by atoms with Crippen LogP contribution in [-0.4, -0.2) is 45.8 Å². The van der Waals surface area contributed by atoms with E-state index in [0.717, 1.165) is 29.7 Å². The maximum absolute atomic E-state index is 9.00. The zero-order valence-corrected chi connectivity index (χ0v) is 12.1. The van der Waals surface area contributed by atoms with Crippen LogP contribution >= 0.6 is 11.6 Å². The predicted molar refractivity (Wildman–Crippen MR) is 78.5 cm³/mol. The van der Waals surface area contributed by atoms with Crippen LogP contribution in [0.1, 0.15) is 17.9 Å². The second kappa shape index (κ2) is 6.37. The molecule has 0 saturated carbocycles. The van der Waals surface area contributed by atoms with Gasteiger partial charge in [-0.05, 0) is 24.2 Å². The van der Waals surface area contributed by atoms with Crippen LogP contribution in [0, 0.1) is 0 Å². The van der Waals surface area contributed by atoms with Gasteiger partial charge in [-0.15, -0.1) is 11.6 Å². The molecule has 19 heavy (non-hydrogen) atoms. The quantitative estimate of drug-likeness (QED) is 0.825. The van der Waals surface area contributed by atoms with Crippen LogP contribution < -0.4 is 0 Å². The number of aryl methyl sites for hydroxylation is 1. The average Bonchev–Trinajstić information content (AvgIpc) is 2.79. The third kappa shape index (κ3) is 3.26. The van der Waals surface area contributed by atoms with E-state index in [1.807, 2.05) is 24.0 Å². The summed E-state index contributed by atoms with van der Waals surface area (Å²) in [6, 6.07) is 6.14. The molecule has 1 aromatic heterocycles. The van der Waals surface area contributed by atoms with Crippen molar-refractivity contribution in [2.75, 3.05) is 26.2 Å². The molecule has 1 unspecified atom stereocenters. The summed E-state index contributed by atoms with van der Waals surface area (Å²) >= 11 is 6.46. The van der Waals surface area contributed by atoms with Crippen LogP contribution in [0.15, 0.2) is 24.5 Å². The van der Waals surface area contributed by atoms with Crippen molar-refractivity contribution < 1.29 is 5.11 Å². The Kier molecular flexibility index (Phi) is 4.80. The predicted octanol–water partition coefficient (Wildman–Crippen LogP) is 2.17. The molecule has 1 aromatic carbocycles. The smallest absolute Gasteiger partial charge is 0.0955 e. The van der Waals surface area contributed by atoms with Gasteiger partial charge in [0.1, 0.15) is 0 Å². The summed E-state index contributed by atoms with van der Waals surface area (Å²) in [6.07, 6.45) is 1.81. The molecule has 0 radical (unpaired) electrons. The molecule has 0 aliphatic rings. The second-order valence-electron chi connectivity index (χ2n) is 4.69. The Balaban J connectivity index is 2.14. The van der Waals surface area contributed by atoms with E-state index in [0.29, 0.717) is 6.54 Å². The lowest BCUT2D eigenvalue weighted by atomic mass is 10.1. The fourth-order valence-corrected chi connectivity index (χ4v) is 2.53. The zero-order chi connectivity index (χ0) is 13.8. The van der Waals surface area contributed by atoms with Gasteiger partial charge in [0.2, 0.25) is 0 Å². The number of halogens is 1. The Morgan fingerprint density at radius 2 is 2.26 bits per heavy atom. The number of alkyl halides is 1. The van der Waals surface area contributed by atoms with Crippen LogP contribution in [0.4, 0.5) is 0 Å². The number of hydrogen-bond acceptors (Lipinski definition) is 3. The topological polar surface area (TPSA) is 41.3 Å². The van der Waals surface area contributed by atoms with Crippen LogP contribution in [-0.2, 0) is 7.05 Å². The van der Waals surface area contributed by atoms with Gasteiger partial charge in [0, 0.05) is 20.1 Å². The molecule has 1 N–H and O–H groups in total. The van der Waals surface area contributed by atoms with E-state index in [1.54, 1.807) is 0 Å². The molecule has 0 aliphatic heterocycles. The number of rotatable bonds is 6. The fourth-order valence-electron chi connectivity index (χ4n) is 2.20. The highest BCUT2D eigenvalue weighted by Crippen LogP contribution is 2.24. The maximum Gasteiger partial charge on any atom is 0.0955 e. The molecule has 0 fully saturated rings. The summed E-state index contributed by atoms with van der Waals surface area (Å²) in [7, 11) is 1.98. The third-order valence-electron chi connectivity index (χ3n) is 3.39. The molecular formula is C14H20ClN3O. The first kappa shape index (κ1) is 14.3. The standard InChI is InChI=1S/C14H20ClN3O/c1-3-18(6-7-19)9-12(15)11-4-5-14-13(8-11)16-10-17(14)2/h4-5,8,10,12,19H,3,6-7,9H2,1-2H3. The Bertz CT molecular complexity index is 540. The number of benzene rings is 1. The Labute approximate surface area is 118 Å². The number of imidazole rings is 1. The van der Waals surface area contributed by atoms with E-state index in [2.05, 4.69) is 28.9 Å². The Hall–Kier alpha value is -1.10. The number of aromatic nitrogens is 2. The van der Waals surface area contributed by atoms with E-state index in [9.17, 15) is 0 Å². The molecule has 0 aliphatic carbocycles. The van der Waals surface area contributed by atoms with Gasteiger partial charge in [-0.3, -0.25) is 4.90 Å². The van der Waals surface area contributed by atoms with E-state index in [-0.39, 0.29) is 12.0 Å². The molecule has 104 valence electrons. The number of fused-ring (bicyclic) bond motifs is 1. The van der Waals surface area contributed by atoms with Gasteiger partial charge in [0.15, 0.2) is 0 Å². The second-order valence-corrected chi connectivity index (χ2v) is 5.21. The van der Waals surface area contributed by atoms with Crippen LogP contribution in [0.2, 0.25) is 0 Å². The molecule has 0 amide bonds. The summed E-state index contributed by atoms with van der Waals surface area (Å²) in [5.74, 6) is 0. The number of nitrogens with zero attached hydrogens (tertiary/aromatic N) is 3. The first-order valence-electron chi connectivity index (χ1n) is 6.54. The lowest BCUT2D eigenvalue weighted by Crippen LogP contribution is -2.29. The third-order valence-corrected chi connectivity index (χ3v) is 3.78. The van der Waals surface area contributed by atoms with Crippen molar-refractivity contribution in [1.82, 2.24) is 14.5 Å². The van der Waals surface area contributed by atoms with E-state index < -0.39 is 0 Å². The zero-order valence-electron chi connectivity index (χ0n) is 11.4. The van der Waals surface area contributed by atoms with Crippen LogP contribution in [0.3, 0.4) is 0 Å². The Morgan fingerprint density at radius 1 is 1.47 bits per heavy atom. The van der Waals surface area contributed by atoms with Crippen molar-refractivity contribution >= 4 is 22.6 Å². The minimum Gasteiger partial charge on any atom is -0.395 e. The monoisotopic (exact) mass is 281 g/mol. The van der Waals surface area contributed by atoms with Gasteiger partial charge in [0.25, 0.3) is 0 Å². The molecule has 0 spiro atoms. The highest BCUT2D eigenvalue weighted by atomic mass is 35.5. The summed E-state index contributed by atoms with van der Waals surface area (Å²) in [4.78, 5) is 6.49. The molecule has 1 atom stereocenters. The van der Waals surface area contributed by atoms with Crippen LogP contribution in [0.25, 0.3) is 11.0 Å². The van der Waals surface area contributed by atoms with Crippen molar-refractivity contribution in [3.05, 3.63) is 30.1 Å². The number of hydrogen-bond donors (Lipinski definition) is 1. The van der Waals surface area contributed by atoms with Crippen LogP contribution in [0.5, 0.6) is 0 Å². The van der Waals surface area contributed by atoms with Crippen molar-refractivity contribution in [2.45, 2.75) is 12.3 Å². The molecule has 0 bridgehead atoms. The van der Waals surface area contributed by atoms with Crippen molar-refractivity contribution in [3.8, 4) is 0 Å². The molecule has 0 saturated heterocycles. The first-order chi connectivity index (χ1) is 9.15. The molecular weight excluding hydrogens is 262 g/mol. The summed E-state index contributed by atoms with van der Waals surface area (Å²) in [5, 5.41) is 8.91. The van der Waals surface area contributed by atoms with E-state index in [4.69, 9.17) is 16.7 Å². The average molecular weight is 282 g/mol. The van der Waals surface area contributed by atoms with Gasteiger partial charge in [-0.25, -0.2) is 4.98 Å². The maximum atomic E-state index is 9.00. The van der Waals surface area contributed by atoms with Crippen molar-refractivity contribution in [2.24, 2.45) is 7.05 Å². The number of aliphatic hydroxyl groups is 1. The van der Waals surface area contributed by atoms with Gasteiger partial charge in [-0.1, -0.05) is 13.0 Å². The Morgan fingerprint density at radius 3 is 2.95 bits per heavy atom. The highest BCUT2D eigenvalue weighted by Gasteiger charge is 2.13. The van der Waals surface area contributed by atoms with Gasteiger partial charge < -0.3 is 9.67 Å². The van der Waals surface area contributed by atoms with Gasteiger partial charge >= 0.3 is 0 Å². The summed E-state index contributed by atoms with van der Waals surface area (Å²) in [5.41, 5.74) is 3.15.